The first-order valence-electron chi connectivity index (χ1n) is 8.73. The van der Waals surface area contributed by atoms with Gasteiger partial charge in [-0.15, -0.1) is 0 Å². The summed E-state index contributed by atoms with van der Waals surface area (Å²) in [5.74, 6) is 0.781. The van der Waals surface area contributed by atoms with Gasteiger partial charge in [0.15, 0.2) is 21.3 Å². The number of carbonyl (C=O) groups excluding carboxylic acids is 1. The van der Waals surface area contributed by atoms with Crippen LogP contribution >= 0.6 is 11.6 Å². The van der Waals surface area contributed by atoms with Gasteiger partial charge < -0.3 is 14.8 Å². The number of carbonyl (C=O) groups is 1. The molecule has 0 spiro atoms. The molecule has 1 N–H and O–H groups in total. The molecule has 0 aliphatic rings. The van der Waals surface area contributed by atoms with E-state index in [-0.39, 0.29) is 15.5 Å². The van der Waals surface area contributed by atoms with Gasteiger partial charge in [-0.2, -0.15) is 0 Å². The van der Waals surface area contributed by atoms with Crippen molar-refractivity contribution in [3.8, 4) is 11.5 Å². The molecule has 0 fully saturated rings. The molecule has 0 atom stereocenters. The standard InChI is InChI=1S/C20H24ClNO5S/c1-13(2)8-9-27-19-17(21)10-14(11-18(19)26-3)20(23)22-15-6-5-7-16(12-15)28(4,24)25/h5-7,10-13H,8-9H2,1-4H3,(H,22,23). The fraction of sp³-hybridized carbons (Fsp3) is 0.350. The number of methoxy groups -OCH3 is 1. The first-order chi connectivity index (χ1) is 13.1. The van der Waals surface area contributed by atoms with Gasteiger partial charge in [-0.3, -0.25) is 4.79 Å². The SMILES string of the molecule is COc1cc(C(=O)Nc2cccc(S(C)(=O)=O)c2)cc(Cl)c1OCCC(C)C. The Bertz CT molecular complexity index is 957. The van der Waals surface area contributed by atoms with Gasteiger partial charge in [-0.25, -0.2) is 8.42 Å². The van der Waals surface area contributed by atoms with E-state index in [4.69, 9.17) is 21.1 Å². The molecule has 2 rings (SSSR count). The van der Waals surface area contributed by atoms with Crippen LogP contribution in [0.3, 0.4) is 0 Å². The molecule has 28 heavy (non-hydrogen) atoms. The Hall–Kier alpha value is -2.25. The molecule has 0 unspecified atom stereocenters. The molecule has 2 aromatic carbocycles. The Balaban J connectivity index is 2.23. The van der Waals surface area contributed by atoms with Crippen LogP contribution in [0.2, 0.25) is 5.02 Å². The second kappa shape index (κ2) is 9.30. The van der Waals surface area contributed by atoms with Gasteiger partial charge in [0.05, 0.1) is 23.6 Å². The minimum atomic E-state index is -3.37. The van der Waals surface area contributed by atoms with Crippen LogP contribution in [-0.4, -0.2) is 34.3 Å². The lowest BCUT2D eigenvalue weighted by Gasteiger charge is -2.15. The number of anilines is 1. The van der Waals surface area contributed by atoms with Crippen LogP contribution in [-0.2, 0) is 9.84 Å². The lowest BCUT2D eigenvalue weighted by Crippen LogP contribution is -2.13. The van der Waals surface area contributed by atoms with Gasteiger partial charge in [0, 0.05) is 17.5 Å². The number of hydrogen-bond donors (Lipinski definition) is 1. The van der Waals surface area contributed by atoms with E-state index in [1.807, 2.05) is 0 Å². The Kier molecular flexibility index (Phi) is 7.32. The normalized spacial score (nSPS) is 11.4. The summed E-state index contributed by atoms with van der Waals surface area (Å²) in [5.41, 5.74) is 0.628. The van der Waals surface area contributed by atoms with Crippen molar-refractivity contribution in [2.24, 2.45) is 5.92 Å². The molecule has 0 aromatic heterocycles. The van der Waals surface area contributed by atoms with Crippen LogP contribution in [0.25, 0.3) is 0 Å². The molecule has 1 amide bonds. The summed E-state index contributed by atoms with van der Waals surface area (Å²) >= 11 is 6.30. The van der Waals surface area contributed by atoms with E-state index in [0.29, 0.717) is 29.7 Å². The minimum absolute atomic E-state index is 0.120. The maximum atomic E-state index is 12.6. The highest BCUT2D eigenvalue weighted by molar-refractivity contribution is 7.90. The molecule has 6 nitrogen and oxygen atoms in total. The third kappa shape index (κ3) is 5.87. The summed E-state index contributed by atoms with van der Waals surface area (Å²) in [6, 6.07) is 9.06. The number of nitrogens with one attached hydrogen (secondary N) is 1. The predicted molar refractivity (Wildman–Crippen MR) is 110 cm³/mol. The van der Waals surface area contributed by atoms with Gasteiger partial charge >= 0.3 is 0 Å². The Morgan fingerprint density at radius 3 is 2.54 bits per heavy atom. The molecule has 0 aliphatic heterocycles. The predicted octanol–water partition coefficient (Wildman–Crippen LogP) is 4.43. The van der Waals surface area contributed by atoms with Crippen LogP contribution in [0, 0.1) is 5.92 Å². The Morgan fingerprint density at radius 1 is 1.21 bits per heavy atom. The van der Waals surface area contributed by atoms with E-state index in [1.54, 1.807) is 12.1 Å². The zero-order valence-corrected chi connectivity index (χ0v) is 17.9. The van der Waals surface area contributed by atoms with Crippen LogP contribution in [0.15, 0.2) is 41.3 Å². The average Bonchev–Trinajstić information content (AvgIpc) is 2.61. The summed E-state index contributed by atoms with van der Waals surface area (Å²) in [6.07, 6.45) is 1.97. The fourth-order valence-corrected chi connectivity index (χ4v) is 3.33. The third-order valence-electron chi connectivity index (χ3n) is 3.95. The first-order valence-corrected chi connectivity index (χ1v) is 11.0. The van der Waals surface area contributed by atoms with Gasteiger partial charge in [0.2, 0.25) is 0 Å². The molecule has 0 radical (unpaired) electrons. The molecule has 0 aliphatic carbocycles. The molecule has 0 saturated carbocycles. The van der Waals surface area contributed by atoms with Crippen LogP contribution in [0.5, 0.6) is 11.5 Å². The van der Waals surface area contributed by atoms with Crippen LogP contribution in [0.4, 0.5) is 5.69 Å². The largest absolute Gasteiger partial charge is 0.493 e. The number of halogens is 1. The van der Waals surface area contributed by atoms with E-state index in [9.17, 15) is 13.2 Å². The van der Waals surface area contributed by atoms with E-state index in [1.165, 1.54) is 31.4 Å². The van der Waals surface area contributed by atoms with Gasteiger partial charge in [0.1, 0.15) is 0 Å². The maximum absolute atomic E-state index is 12.6. The van der Waals surface area contributed by atoms with Gasteiger partial charge in [0.25, 0.3) is 5.91 Å². The molecule has 152 valence electrons. The van der Waals surface area contributed by atoms with E-state index in [2.05, 4.69) is 19.2 Å². The number of hydrogen-bond acceptors (Lipinski definition) is 5. The monoisotopic (exact) mass is 425 g/mol. The molecular weight excluding hydrogens is 402 g/mol. The Labute approximate surface area is 170 Å². The summed E-state index contributed by atoms with van der Waals surface area (Å²) in [6.45, 7) is 4.67. The number of rotatable bonds is 8. The topological polar surface area (TPSA) is 81.7 Å². The molecule has 0 bridgehead atoms. The number of ether oxygens (including phenoxy) is 2. The summed E-state index contributed by atoms with van der Waals surface area (Å²) in [4.78, 5) is 12.7. The fourth-order valence-electron chi connectivity index (χ4n) is 2.40. The van der Waals surface area contributed by atoms with Crippen molar-refractivity contribution in [2.45, 2.75) is 25.2 Å². The number of sulfone groups is 1. The minimum Gasteiger partial charge on any atom is -0.493 e. The van der Waals surface area contributed by atoms with Gasteiger partial charge in [-0.05, 0) is 42.7 Å². The quantitative estimate of drug-likeness (QED) is 0.676. The zero-order chi connectivity index (χ0) is 20.9. The van der Waals surface area contributed by atoms with Crippen molar-refractivity contribution in [3.05, 3.63) is 47.0 Å². The van der Waals surface area contributed by atoms with Crippen molar-refractivity contribution in [1.82, 2.24) is 0 Å². The first kappa shape index (κ1) is 22.0. The highest BCUT2D eigenvalue weighted by Crippen LogP contribution is 2.37. The van der Waals surface area contributed by atoms with E-state index >= 15 is 0 Å². The second-order valence-corrected chi connectivity index (χ2v) is 9.20. The molecule has 8 heteroatoms. The van der Waals surface area contributed by atoms with Crippen molar-refractivity contribution in [2.75, 3.05) is 25.3 Å². The summed E-state index contributed by atoms with van der Waals surface area (Å²) in [5, 5.41) is 2.93. The third-order valence-corrected chi connectivity index (χ3v) is 5.34. The highest BCUT2D eigenvalue weighted by Gasteiger charge is 2.17. The zero-order valence-electron chi connectivity index (χ0n) is 16.3. The van der Waals surface area contributed by atoms with Crippen molar-refractivity contribution < 1.29 is 22.7 Å². The van der Waals surface area contributed by atoms with Crippen LogP contribution in [0.1, 0.15) is 30.6 Å². The molecule has 0 heterocycles. The smallest absolute Gasteiger partial charge is 0.255 e. The molecule has 2 aromatic rings. The van der Waals surface area contributed by atoms with Crippen molar-refractivity contribution in [3.63, 3.8) is 0 Å². The average molecular weight is 426 g/mol. The maximum Gasteiger partial charge on any atom is 0.255 e. The molecular formula is C20H24ClNO5S. The van der Waals surface area contributed by atoms with Gasteiger partial charge in [-0.1, -0.05) is 31.5 Å². The molecule has 0 saturated heterocycles. The summed E-state index contributed by atoms with van der Waals surface area (Å²) < 4.78 is 34.4. The highest BCUT2D eigenvalue weighted by atomic mass is 35.5. The van der Waals surface area contributed by atoms with Crippen LogP contribution < -0.4 is 14.8 Å². The number of benzene rings is 2. The van der Waals surface area contributed by atoms with E-state index in [0.717, 1.165) is 12.7 Å². The van der Waals surface area contributed by atoms with E-state index < -0.39 is 15.7 Å². The second-order valence-electron chi connectivity index (χ2n) is 6.77. The van der Waals surface area contributed by atoms with Crippen molar-refractivity contribution >= 4 is 33.0 Å². The number of amides is 1. The Morgan fingerprint density at radius 2 is 1.93 bits per heavy atom. The summed E-state index contributed by atoms with van der Waals surface area (Å²) in [7, 11) is -1.90. The lowest BCUT2D eigenvalue weighted by molar-refractivity contribution is 0.102. The lowest BCUT2D eigenvalue weighted by atomic mass is 10.1. The van der Waals surface area contributed by atoms with Crippen molar-refractivity contribution in [1.29, 1.82) is 0 Å².